The van der Waals surface area contributed by atoms with Crippen molar-refractivity contribution in [3.63, 3.8) is 0 Å². The minimum absolute atomic E-state index is 0.0211. The maximum Gasteiger partial charge on any atom is 0.416 e. The fourth-order valence-corrected chi connectivity index (χ4v) is 4.08. The van der Waals surface area contributed by atoms with Crippen molar-refractivity contribution in [1.82, 2.24) is 14.5 Å². The number of likely N-dealkylation sites (tertiary alicyclic amines) is 1. The second-order valence-electron chi connectivity index (χ2n) is 8.81. The van der Waals surface area contributed by atoms with Gasteiger partial charge >= 0.3 is 6.18 Å². The van der Waals surface area contributed by atoms with E-state index in [-0.39, 0.29) is 24.0 Å². The molecule has 0 N–H and O–H groups in total. The Balaban J connectivity index is 1.38. The van der Waals surface area contributed by atoms with Crippen molar-refractivity contribution < 1.29 is 27.5 Å². The summed E-state index contributed by atoms with van der Waals surface area (Å²) in [6.07, 6.45) is -0.0159. The molecule has 1 aliphatic rings. The van der Waals surface area contributed by atoms with E-state index in [0.717, 1.165) is 17.7 Å². The molecule has 35 heavy (non-hydrogen) atoms. The number of hydrogen-bond donors (Lipinski definition) is 0. The molecule has 1 saturated heterocycles. The van der Waals surface area contributed by atoms with Crippen LogP contribution in [0.5, 0.6) is 5.75 Å². The molecule has 0 bridgehead atoms. The van der Waals surface area contributed by atoms with Crippen LogP contribution in [0, 0.1) is 6.92 Å². The van der Waals surface area contributed by atoms with Crippen molar-refractivity contribution >= 4 is 11.7 Å². The van der Waals surface area contributed by atoms with Crippen LogP contribution in [-0.2, 0) is 19.6 Å². The minimum atomic E-state index is -4.50. The first-order chi connectivity index (χ1) is 16.6. The van der Waals surface area contributed by atoms with E-state index in [4.69, 9.17) is 4.74 Å². The molecule has 0 unspecified atom stereocenters. The fourth-order valence-electron chi connectivity index (χ4n) is 4.08. The van der Waals surface area contributed by atoms with Gasteiger partial charge in [0, 0.05) is 51.2 Å². The molecule has 6 nitrogen and oxygen atoms in total. The number of Topliss-reactive ketones (excluding diaryl/α,β-unsaturated/α-hetero) is 1. The summed E-state index contributed by atoms with van der Waals surface area (Å²) in [7, 11) is 1.81. The van der Waals surface area contributed by atoms with Gasteiger partial charge < -0.3 is 14.2 Å². The highest BCUT2D eigenvalue weighted by atomic mass is 19.4. The highest BCUT2D eigenvalue weighted by molar-refractivity contribution is 5.97. The highest BCUT2D eigenvalue weighted by Gasteiger charge is 2.31. The van der Waals surface area contributed by atoms with Gasteiger partial charge in [-0.25, -0.2) is 4.98 Å². The number of imidazole rings is 1. The number of aromatic nitrogens is 2. The van der Waals surface area contributed by atoms with Gasteiger partial charge in [0.05, 0.1) is 11.9 Å². The Morgan fingerprint density at radius 3 is 2.51 bits per heavy atom. The summed E-state index contributed by atoms with van der Waals surface area (Å²) in [5.41, 5.74) is 1.15. The Bertz CT molecular complexity index is 1230. The number of halogens is 3. The monoisotopic (exact) mass is 485 g/mol. The van der Waals surface area contributed by atoms with Gasteiger partial charge in [-0.2, -0.15) is 13.2 Å². The molecule has 3 aromatic rings. The van der Waals surface area contributed by atoms with E-state index in [1.165, 1.54) is 12.1 Å². The molecule has 184 valence electrons. The van der Waals surface area contributed by atoms with E-state index in [1.54, 1.807) is 34.1 Å². The van der Waals surface area contributed by atoms with E-state index in [0.29, 0.717) is 42.9 Å². The van der Waals surface area contributed by atoms with Crippen molar-refractivity contribution in [1.29, 1.82) is 0 Å². The van der Waals surface area contributed by atoms with Crippen molar-refractivity contribution in [2.75, 3.05) is 13.1 Å². The topological polar surface area (TPSA) is 64.4 Å². The lowest BCUT2D eigenvalue weighted by molar-refractivity contribution is -0.137. The van der Waals surface area contributed by atoms with Gasteiger partial charge in [-0.15, -0.1) is 0 Å². The number of aryl methyl sites for hydroxylation is 2. The third kappa shape index (κ3) is 5.90. The molecule has 9 heteroatoms. The van der Waals surface area contributed by atoms with Crippen molar-refractivity contribution in [3.8, 4) is 5.75 Å². The van der Waals surface area contributed by atoms with Crippen LogP contribution in [0.25, 0.3) is 0 Å². The molecule has 1 aliphatic heterocycles. The van der Waals surface area contributed by atoms with E-state index < -0.39 is 17.5 Å². The Morgan fingerprint density at radius 1 is 1.11 bits per heavy atom. The van der Waals surface area contributed by atoms with Gasteiger partial charge in [-0.3, -0.25) is 9.59 Å². The maximum atomic E-state index is 13.0. The summed E-state index contributed by atoms with van der Waals surface area (Å²) in [6.45, 7) is 2.99. The van der Waals surface area contributed by atoms with Gasteiger partial charge in [0.25, 0.3) is 5.91 Å². The van der Waals surface area contributed by atoms with Crippen LogP contribution in [0.2, 0.25) is 0 Å². The molecule has 2 heterocycles. The number of alkyl halides is 3. The predicted octanol–water partition coefficient (Wildman–Crippen LogP) is 4.86. The van der Waals surface area contributed by atoms with Crippen LogP contribution >= 0.6 is 0 Å². The van der Waals surface area contributed by atoms with E-state index in [9.17, 15) is 22.8 Å². The lowest BCUT2D eigenvalue weighted by Gasteiger charge is -2.32. The van der Waals surface area contributed by atoms with Gasteiger partial charge in [-0.05, 0) is 36.2 Å². The average molecular weight is 486 g/mol. The second-order valence-corrected chi connectivity index (χ2v) is 8.81. The molecule has 0 atom stereocenters. The van der Waals surface area contributed by atoms with Gasteiger partial charge in [-0.1, -0.05) is 24.3 Å². The molecule has 1 fully saturated rings. The van der Waals surface area contributed by atoms with Crippen molar-refractivity contribution in [3.05, 3.63) is 82.9 Å². The van der Waals surface area contributed by atoms with Gasteiger partial charge in [0.15, 0.2) is 5.78 Å². The summed E-state index contributed by atoms with van der Waals surface area (Å²) in [5, 5.41) is 0. The van der Waals surface area contributed by atoms with E-state index >= 15 is 0 Å². The first kappa shape index (κ1) is 24.5. The molecule has 2 aromatic carbocycles. The molecule has 1 aromatic heterocycles. The van der Waals surface area contributed by atoms with Gasteiger partial charge in [0.2, 0.25) is 0 Å². The highest BCUT2D eigenvalue weighted by Crippen LogP contribution is 2.30. The summed E-state index contributed by atoms with van der Waals surface area (Å²) in [5.74, 6) is 0.136. The van der Waals surface area contributed by atoms with E-state index in [1.807, 2.05) is 20.0 Å². The average Bonchev–Trinajstić information content (AvgIpc) is 3.27. The summed E-state index contributed by atoms with van der Waals surface area (Å²) < 4.78 is 46.9. The van der Waals surface area contributed by atoms with Crippen molar-refractivity contribution in [2.45, 2.75) is 38.5 Å². The third-order valence-electron chi connectivity index (χ3n) is 6.08. The lowest BCUT2D eigenvalue weighted by Crippen LogP contribution is -2.42. The second kappa shape index (κ2) is 9.93. The first-order valence-electron chi connectivity index (χ1n) is 11.3. The molecule has 0 radical (unpaired) electrons. The number of carbonyl (C=O) groups is 2. The number of piperidine rings is 1. The Kier molecular flexibility index (Phi) is 6.95. The molecule has 0 spiro atoms. The zero-order chi connectivity index (χ0) is 25.2. The predicted molar refractivity (Wildman–Crippen MR) is 123 cm³/mol. The summed E-state index contributed by atoms with van der Waals surface area (Å²) in [4.78, 5) is 31.1. The number of ether oxygens (including phenoxy) is 1. The Morgan fingerprint density at radius 2 is 1.86 bits per heavy atom. The number of ketones is 1. The molecule has 1 amide bonds. The summed E-state index contributed by atoms with van der Waals surface area (Å²) >= 11 is 0. The molecule has 0 aliphatic carbocycles. The molecular formula is C26H26F3N3O3. The third-order valence-corrected chi connectivity index (χ3v) is 6.08. The molecular weight excluding hydrogens is 459 g/mol. The standard InChI is InChI=1S/C26H26F3N3O3/c1-17-6-7-18(12-23(33)19-4-3-5-20(14-19)26(27,28)29)13-24(17)35-21-8-10-32(11-9-21)25(34)22-15-31(2)16-30-22/h3-7,13-16,21H,8-12H2,1-2H3. The molecule has 4 rings (SSSR count). The number of rotatable bonds is 6. The van der Waals surface area contributed by atoms with Crippen LogP contribution in [0.15, 0.2) is 55.0 Å². The van der Waals surface area contributed by atoms with Crippen LogP contribution in [0.3, 0.4) is 0 Å². The number of benzene rings is 2. The quantitative estimate of drug-likeness (QED) is 0.468. The summed E-state index contributed by atoms with van der Waals surface area (Å²) in [6, 6.07) is 9.85. The number of carbonyl (C=O) groups excluding carboxylic acids is 2. The first-order valence-corrected chi connectivity index (χ1v) is 11.3. The number of hydrogen-bond acceptors (Lipinski definition) is 4. The van der Waals surface area contributed by atoms with Crippen molar-refractivity contribution in [2.24, 2.45) is 7.05 Å². The maximum absolute atomic E-state index is 13.0. The molecule has 0 saturated carbocycles. The van der Waals surface area contributed by atoms with Crippen LogP contribution in [0.1, 0.15) is 50.4 Å². The normalized spacial score (nSPS) is 14.7. The number of nitrogens with zero attached hydrogens (tertiary/aromatic N) is 3. The van der Waals surface area contributed by atoms with E-state index in [2.05, 4.69) is 4.98 Å². The fraction of sp³-hybridized carbons (Fsp3) is 0.346. The van der Waals surface area contributed by atoms with Gasteiger partial charge in [0.1, 0.15) is 17.5 Å². The Labute approximate surface area is 201 Å². The smallest absolute Gasteiger partial charge is 0.416 e. The lowest BCUT2D eigenvalue weighted by atomic mass is 10.00. The zero-order valence-electron chi connectivity index (χ0n) is 19.5. The largest absolute Gasteiger partial charge is 0.490 e. The zero-order valence-corrected chi connectivity index (χ0v) is 19.5. The van der Waals surface area contributed by atoms with Crippen LogP contribution in [-0.4, -0.2) is 45.3 Å². The van der Waals surface area contributed by atoms with Crippen LogP contribution < -0.4 is 4.74 Å². The minimum Gasteiger partial charge on any atom is -0.490 e. The Hall–Kier alpha value is -3.62. The SMILES string of the molecule is Cc1ccc(CC(=O)c2cccc(C(F)(F)F)c2)cc1OC1CCN(C(=O)c2cn(C)cn2)CC1. The van der Waals surface area contributed by atoms with Crippen LogP contribution in [0.4, 0.5) is 13.2 Å². The number of amides is 1.